The molecule has 2 saturated carbocycles. The summed E-state index contributed by atoms with van der Waals surface area (Å²) >= 11 is 0. The summed E-state index contributed by atoms with van der Waals surface area (Å²) in [7, 11) is 4.68. The largest absolute Gasteiger partial charge is 0.507 e. The third kappa shape index (κ3) is 4.40. The number of rotatable bonds is 6. The highest BCUT2D eigenvalue weighted by molar-refractivity contribution is 6.32. The summed E-state index contributed by atoms with van der Waals surface area (Å²) in [6, 6.07) is 7.90. The van der Waals surface area contributed by atoms with Gasteiger partial charge in [-0.1, -0.05) is 12.1 Å². The average Bonchev–Trinajstić information content (AvgIpc) is 3.48. The molecule has 2 aromatic rings. The molecule has 1 heterocycles. The summed E-state index contributed by atoms with van der Waals surface area (Å²) in [5.41, 5.74) is 5.62. The van der Waals surface area contributed by atoms with Crippen LogP contribution in [0.15, 0.2) is 30.3 Å². The van der Waals surface area contributed by atoms with Gasteiger partial charge in [-0.3, -0.25) is 33.8 Å². The molecule has 0 aromatic heterocycles. The van der Waals surface area contributed by atoms with E-state index in [1.54, 1.807) is 27.3 Å². The first kappa shape index (κ1) is 30.1. The lowest BCUT2D eigenvalue weighted by Crippen LogP contribution is -2.74. The Labute approximate surface area is 254 Å². The molecule has 0 bridgehead atoms. The molecular weight excluding hydrogens is 566 g/mol. The van der Waals surface area contributed by atoms with Crippen molar-refractivity contribution >= 4 is 29.0 Å². The Hall–Kier alpha value is -3.93. The molecule has 3 aliphatic carbocycles. The second-order valence-corrected chi connectivity index (χ2v) is 12.8. The molecule has 6 atom stereocenters. The lowest BCUT2D eigenvalue weighted by Gasteiger charge is -2.52. The van der Waals surface area contributed by atoms with E-state index < -0.39 is 64.4 Å². The third-order valence-corrected chi connectivity index (χ3v) is 10.1. The highest BCUT2D eigenvalue weighted by Crippen LogP contribution is 2.52. The van der Waals surface area contributed by atoms with Gasteiger partial charge in [0, 0.05) is 18.0 Å². The number of Topliss-reactive ketones (excluding diaryl/α,β-unsaturated/α-hetero) is 4. The van der Waals surface area contributed by atoms with E-state index >= 15 is 0 Å². The molecule has 11 heteroatoms. The van der Waals surface area contributed by atoms with Gasteiger partial charge in [-0.2, -0.15) is 0 Å². The summed E-state index contributed by atoms with van der Waals surface area (Å²) in [6.45, 7) is 2.80. The van der Waals surface area contributed by atoms with E-state index in [-0.39, 0.29) is 24.2 Å². The van der Waals surface area contributed by atoms with Crippen molar-refractivity contribution in [3.05, 3.63) is 47.0 Å². The van der Waals surface area contributed by atoms with Crippen LogP contribution in [0.2, 0.25) is 0 Å². The zero-order chi connectivity index (χ0) is 31.7. The fraction of sp³-hybridized carbons (Fsp3) is 0.485. The van der Waals surface area contributed by atoms with Gasteiger partial charge in [0.1, 0.15) is 11.5 Å². The summed E-state index contributed by atoms with van der Waals surface area (Å²) in [4.78, 5) is 71.1. The highest BCUT2D eigenvalue weighted by Gasteiger charge is 2.69. The Morgan fingerprint density at radius 2 is 1.77 bits per heavy atom. The molecule has 6 rings (SSSR count). The van der Waals surface area contributed by atoms with Gasteiger partial charge < -0.3 is 20.7 Å². The van der Waals surface area contributed by atoms with E-state index in [1.807, 2.05) is 18.2 Å². The Bertz CT molecular complexity index is 1600. The topological polar surface area (TPSA) is 168 Å². The normalized spacial score (nSPS) is 30.2. The van der Waals surface area contributed by atoms with Gasteiger partial charge in [-0.05, 0) is 93.7 Å². The minimum Gasteiger partial charge on any atom is -0.507 e. The zero-order valence-electron chi connectivity index (χ0n) is 25.0. The number of aliphatic hydroxyl groups is 1. The maximum atomic E-state index is 14.1. The fourth-order valence-corrected chi connectivity index (χ4v) is 8.12. The number of ketones is 4. The SMILES string of the molecule is COc1ccc(CN2CCCC2)cc1-c1ccc(O)c2c1CC1CC3C(N(C)C)C(=O)C(C(N)=O)C(=O)C3(O)C(=O)C1C2=O. The number of methoxy groups -OCH3 is 1. The predicted octanol–water partition coefficient (Wildman–Crippen LogP) is 1.14. The van der Waals surface area contributed by atoms with Crippen molar-refractivity contribution in [1.82, 2.24) is 9.80 Å². The second kappa shape index (κ2) is 10.9. The van der Waals surface area contributed by atoms with Gasteiger partial charge in [-0.15, -0.1) is 0 Å². The molecule has 2 aromatic carbocycles. The second-order valence-electron chi connectivity index (χ2n) is 12.8. The van der Waals surface area contributed by atoms with Crippen LogP contribution >= 0.6 is 0 Å². The number of aromatic hydroxyl groups is 1. The number of benzene rings is 2. The van der Waals surface area contributed by atoms with Crippen LogP contribution in [0.25, 0.3) is 11.1 Å². The molecule has 232 valence electrons. The Balaban J connectivity index is 1.45. The number of hydrogen-bond acceptors (Lipinski definition) is 10. The van der Waals surface area contributed by atoms with E-state index in [9.17, 15) is 34.2 Å². The minimum atomic E-state index is -2.75. The Morgan fingerprint density at radius 1 is 1.07 bits per heavy atom. The molecule has 0 radical (unpaired) electrons. The van der Waals surface area contributed by atoms with Gasteiger partial charge >= 0.3 is 0 Å². The van der Waals surface area contributed by atoms with Crippen molar-refractivity contribution in [2.24, 2.45) is 29.4 Å². The highest BCUT2D eigenvalue weighted by atomic mass is 16.5. The number of likely N-dealkylation sites (N-methyl/N-ethyl adjacent to an activating group) is 1. The van der Waals surface area contributed by atoms with Crippen LogP contribution in [-0.4, -0.2) is 95.0 Å². The molecule has 1 amide bonds. The van der Waals surface area contributed by atoms with Crippen LogP contribution in [0.3, 0.4) is 0 Å². The number of primary amides is 1. The summed E-state index contributed by atoms with van der Waals surface area (Å²) in [5, 5.41) is 22.7. The number of fused-ring (bicyclic) bond motifs is 3. The maximum Gasteiger partial charge on any atom is 0.235 e. The molecule has 1 aliphatic heterocycles. The molecular formula is C33H37N3O8. The number of ether oxygens (including phenoxy) is 1. The summed E-state index contributed by atoms with van der Waals surface area (Å²) in [5.74, 6) is -10.1. The van der Waals surface area contributed by atoms with Crippen molar-refractivity contribution in [3.8, 4) is 22.6 Å². The quantitative estimate of drug-likeness (QED) is 0.407. The van der Waals surface area contributed by atoms with Crippen LogP contribution < -0.4 is 10.5 Å². The fourth-order valence-electron chi connectivity index (χ4n) is 8.12. The minimum absolute atomic E-state index is 0.00880. The van der Waals surface area contributed by atoms with E-state index in [4.69, 9.17) is 10.5 Å². The molecule has 11 nitrogen and oxygen atoms in total. The van der Waals surface area contributed by atoms with Crippen molar-refractivity contribution in [2.45, 2.75) is 43.9 Å². The monoisotopic (exact) mass is 603 g/mol. The molecule has 4 N–H and O–H groups in total. The number of nitrogens with two attached hydrogens (primary N) is 1. The lowest BCUT2D eigenvalue weighted by atomic mass is 9.52. The molecule has 4 aliphatic rings. The van der Waals surface area contributed by atoms with Crippen LogP contribution in [0.1, 0.15) is 40.7 Å². The maximum absolute atomic E-state index is 14.1. The van der Waals surface area contributed by atoms with Crippen LogP contribution in [0.5, 0.6) is 11.5 Å². The van der Waals surface area contributed by atoms with Crippen LogP contribution in [0, 0.1) is 23.7 Å². The molecule has 0 spiro atoms. The van der Waals surface area contributed by atoms with Crippen LogP contribution in [-0.2, 0) is 32.1 Å². The number of carbonyl (C=O) groups is 5. The van der Waals surface area contributed by atoms with Gasteiger partial charge in [0.25, 0.3) is 0 Å². The van der Waals surface area contributed by atoms with Gasteiger partial charge in [-0.25, -0.2) is 0 Å². The number of nitrogens with zero attached hydrogens (tertiary/aromatic N) is 2. The third-order valence-electron chi connectivity index (χ3n) is 10.1. The Morgan fingerprint density at radius 3 is 2.41 bits per heavy atom. The first-order valence-corrected chi connectivity index (χ1v) is 15.0. The average molecular weight is 604 g/mol. The smallest absolute Gasteiger partial charge is 0.235 e. The van der Waals surface area contributed by atoms with E-state index in [2.05, 4.69) is 4.90 Å². The number of carbonyl (C=O) groups excluding carboxylic acids is 5. The summed E-state index contributed by atoms with van der Waals surface area (Å²) in [6.07, 6.45) is 2.48. The van der Waals surface area contributed by atoms with Gasteiger partial charge in [0.2, 0.25) is 5.91 Å². The first-order chi connectivity index (χ1) is 20.9. The predicted molar refractivity (Wildman–Crippen MR) is 158 cm³/mol. The van der Waals surface area contributed by atoms with Crippen molar-refractivity contribution in [2.75, 3.05) is 34.3 Å². The first-order valence-electron chi connectivity index (χ1n) is 15.0. The number of amides is 1. The Kier molecular flexibility index (Phi) is 7.46. The lowest BCUT2D eigenvalue weighted by molar-refractivity contribution is -0.181. The van der Waals surface area contributed by atoms with Gasteiger partial charge in [0.15, 0.2) is 34.7 Å². The van der Waals surface area contributed by atoms with E-state index in [0.717, 1.165) is 43.6 Å². The van der Waals surface area contributed by atoms with Gasteiger partial charge in [0.05, 0.1) is 24.6 Å². The molecule has 44 heavy (non-hydrogen) atoms. The molecule has 1 saturated heterocycles. The standard InChI is InChI=1S/C33H37N3O8/c1-35(2)27-21-14-17-13-20-18(19-12-16(6-9-23(19)44-3)15-36-10-4-5-11-36)7-8-22(37)25(20)28(38)24(17)30(40)33(21,43)31(41)26(29(27)39)32(34)42/h6-9,12,17,21,24,26-27,37,43H,4-5,10-11,13-15H2,1-3H3,(H2,34,42). The van der Waals surface area contributed by atoms with Crippen LogP contribution in [0.4, 0.5) is 0 Å². The zero-order valence-corrected chi connectivity index (χ0v) is 25.0. The molecule has 6 unspecified atom stereocenters. The van der Waals surface area contributed by atoms with Crippen molar-refractivity contribution < 1.29 is 38.9 Å². The van der Waals surface area contributed by atoms with Crippen molar-refractivity contribution in [1.29, 1.82) is 0 Å². The molecule has 3 fully saturated rings. The number of likely N-dealkylation sites (tertiary alicyclic amines) is 1. The van der Waals surface area contributed by atoms with Crippen molar-refractivity contribution in [3.63, 3.8) is 0 Å². The summed E-state index contributed by atoms with van der Waals surface area (Å²) < 4.78 is 5.71. The van der Waals surface area contributed by atoms with E-state index in [0.29, 0.717) is 16.9 Å². The van der Waals surface area contributed by atoms with E-state index in [1.165, 1.54) is 11.0 Å². The number of phenols is 1. The number of hydrogen-bond donors (Lipinski definition) is 3. The number of phenolic OH excluding ortho intramolecular Hbond substituents is 1.